The van der Waals surface area contributed by atoms with E-state index in [1.165, 1.54) is 14.2 Å². The zero-order chi connectivity index (χ0) is 19.6. The van der Waals surface area contributed by atoms with Gasteiger partial charge in [-0.15, -0.1) is 0 Å². The third-order valence-corrected chi connectivity index (χ3v) is 8.13. The van der Waals surface area contributed by atoms with E-state index in [-0.39, 0.29) is 15.6 Å². The second kappa shape index (κ2) is 8.73. The number of methoxy groups -OCH3 is 2. The molecule has 0 aliphatic rings. The number of aromatic carboxylic acids is 1. The highest BCUT2D eigenvalue weighted by Crippen LogP contribution is 2.42. The van der Waals surface area contributed by atoms with E-state index >= 15 is 0 Å². The maximum absolute atomic E-state index is 12.9. The molecule has 0 spiro atoms. The molecule has 0 aromatic heterocycles. The second-order valence-electron chi connectivity index (χ2n) is 4.83. The third-order valence-electron chi connectivity index (χ3n) is 3.36. The maximum atomic E-state index is 12.9. The summed E-state index contributed by atoms with van der Waals surface area (Å²) in [5, 5.41) is 12.2. The Hall–Kier alpha value is -1.10. The van der Waals surface area contributed by atoms with E-state index in [1.807, 2.05) is 0 Å². The van der Waals surface area contributed by atoms with Crippen LogP contribution in [0.1, 0.15) is 20.7 Å². The van der Waals surface area contributed by atoms with Gasteiger partial charge in [0.05, 0.1) is 31.0 Å². The summed E-state index contributed by atoms with van der Waals surface area (Å²) in [6.45, 7) is 0. The van der Waals surface area contributed by atoms with Crippen molar-refractivity contribution in [2.75, 3.05) is 19.5 Å². The number of carboxylic acids is 1. The van der Waals surface area contributed by atoms with Crippen molar-refractivity contribution >= 4 is 81.3 Å². The van der Waals surface area contributed by atoms with E-state index < -0.39 is 11.9 Å². The molecule has 2 rings (SSSR count). The van der Waals surface area contributed by atoms with Crippen LogP contribution in [-0.2, 0) is 0 Å². The van der Waals surface area contributed by atoms with Crippen molar-refractivity contribution in [1.82, 2.24) is 0 Å². The molecule has 0 atom stereocenters. The molecule has 0 aliphatic carbocycles. The number of nitrogens with one attached hydrogen (secondary N) is 1. The number of ether oxygens (including phenoxy) is 2. The van der Waals surface area contributed by atoms with Crippen LogP contribution in [0.15, 0.2) is 36.1 Å². The number of anilines is 1. The van der Waals surface area contributed by atoms with Crippen LogP contribution in [0.25, 0.3) is 0 Å². The summed E-state index contributed by atoms with van der Waals surface area (Å²) >= 11 is 13.1. The number of hydrogen-bond donors (Lipinski definition) is 2. The van der Waals surface area contributed by atoms with E-state index in [4.69, 9.17) is 9.47 Å². The number of halogens is 4. The molecule has 2 aromatic rings. The molecule has 2 N–H and O–H groups in total. The number of carbonyl (C=O) groups excluding carboxylic acids is 1. The van der Waals surface area contributed by atoms with Gasteiger partial charge in [0.15, 0.2) is 0 Å². The Morgan fingerprint density at radius 3 is 2.00 bits per heavy atom. The number of rotatable bonds is 5. The van der Waals surface area contributed by atoms with Gasteiger partial charge < -0.3 is 19.9 Å². The fraction of sp³-hybridized carbons (Fsp3) is 0.125. The monoisotopic (exact) mass is 613 g/mol. The van der Waals surface area contributed by atoms with Crippen LogP contribution in [0.2, 0.25) is 0 Å². The lowest BCUT2D eigenvalue weighted by Crippen LogP contribution is -2.19. The fourth-order valence-electron chi connectivity index (χ4n) is 2.13. The van der Waals surface area contributed by atoms with Gasteiger partial charge in [-0.05, 0) is 75.9 Å². The second-order valence-corrected chi connectivity index (χ2v) is 8.00. The number of carbonyl (C=O) groups is 2. The highest BCUT2D eigenvalue weighted by atomic mass is 79.9. The first-order chi connectivity index (χ1) is 12.2. The summed E-state index contributed by atoms with van der Waals surface area (Å²) < 4.78 is 11.9. The van der Waals surface area contributed by atoms with Crippen molar-refractivity contribution in [2.45, 2.75) is 0 Å². The van der Waals surface area contributed by atoms with Crippen molar-refractivity contribution in [3.8, 4) is 11.5 Å². The first-order valence-electron chi connectivity index (χ1n) is 6.85. The van der Waals surface area contributed by atoms with Gasteiger partial charge >= 0.3 is 5.97 Å². The lowest BCUT2D eigenvalue weighted by molar-refractivity contribution is 0.0691. The third kappa shape index (κ3) is 4.08. The van der Waals surface area contributed by atoms with Crippen LogP contribution >= 0.6 is 63.7 Å². The summed E-state index contributed by atoms with van der Waals surface area (Å²) in [6, 6.07) is 4.86. The Kier molecular flexibility index (Phi) is 7.12. The van der Waals surface area contributed by atoms with Gasteiger partial charge in [0, 0.05) is 24.0 Å². The number of benzene rings is 2. The molecule has 0 fully saturated rings. The van der Waals surface area contributed by atoms with E-state index in [2.05, 4.69) is 69.0 Å². The van der Waals surface area contributed by atoms with E-state index in [1.54, 1.807) is 18.2 Å². The molecule has 6 nitrogen and oxygen atoms in total. The Morgan fingerprint density at radius 1 is 0.923 bits per heavy atom. The Labute approximate surface area is 182 Å². The molecule has 0 unspecified atom stereocenters. The van der Waals surface area contributed by atoms with Gasteiger partial charge in [0.25, 0.3) is 5.91 Å². The standard InChI is InChI=1S/C16H11Br4NO5/c1-25-6-3-4-7(8(5-6)26-2)21-15(22)9-10(16(23)24)12(18)14(20)13(19)11(9)17/h3-5H,1-2H3,(H,21,22)(H,23,24). The summed E-state index contributed by atoms with van der Waals surface area (Å²) in [7, 11) is 2.97. The van der Waals surface area contributed by atoms with Crippen LogP contribution in [0.4, 0.5) is 5.69 Å². The summed E-state index contributed by atoms with van der Waals surface area (Å²) in [4.78, 5) is 24.6. The smallest absolute Gasteiger partial charge is 0.337 e. The quantitative estimate of drug-likeness (QED) is 0.333. The number of amides is 1. The van der Waals surface area contributed by atoms with Gasteiger partial charge in [0.1, 0.15) is 11.5 Å². The van der Waals surface area contributed by atoms with E-state index in [0.717, 1.165) is 0 Å². The molecule has 0 aliphatic heterocycles. The van der Waals surface area contributed by atoms with E-state index in [0.29, 0.717) is 30.6 Å². The van der Waals surface area contributed by atoms with Gasteiger partial charge in [0.2, 0.25) is 0 Å². The lowest BCUT2D eigenvalue weighted by Gasteiger charge is -2.16. The summed E-state index contributed by atoms with van der Waals surface area (Å²) in [6.07, 6.45) is 0. The molecule has 0 heterocycles. The van der Waals surface area contributed by atoms with Gasteiger partial charge in [-0.25, -0.2) is 4.79 Å². The zero-order valence-corrected chi connectivity index (χ0v) is 19.7. The molecular formula is C16H11Br4NO5. The Morgan fingerprint density at radius 2 is 1.50 bits per heavy atom. The van der Waals surface area contributed by atoms with Crippen LogP contribution in [0.5, 0.6) is 11.5 Å². The fourth-order valence-corrected chi connectivity index (χ4v) is 4.60. The van der Waals surface area contributed by atoms with Crippen LogP contribution in [0.3, 0.4) is 0 Å². The van der Waals surface area contributed by atoms with Crippen molar-refractivity contribution in [3.63, 3.8) is 0 Å². The molecule has 0 saturated carbocycles. The first kappa shape index (κ1) is 21.2. The SMILES string of the molecule is COc1ccc(NC(=O)c2c(Br)c(Br)c(Br)c(Br)c2C(=O)O)c(OC)c1. The maximum Gasteiger partial charge on any atom is 0.337 e. The minimum Gasteiger partial charge on any atom is -0.497 e. The molecule has 0 bridgehead atoms. The Bertz CT molecular complexity index is 901. The van der Waals surface area contributed by atoms with Crippen LogP contribution in [0, 0.1) is 0 Å². The minimum absolute atomic E-state index is 0.0441. The molecule has 26 heavy (non-hydrogen) atoms. The van der Waals surface area contributed by atoms with Gasteiger partial charge in [-0.2, -0.15) is 0 Å². The molecule has 2 aromatic carbocycles. The first-order valence-corrected chi connectivity index (χ1v) is 10.0. The van der Waals surface area contributed by atoms with Gasteiger partial charge in [-0.1, -0.05) is 0 Å². The van der Waals surface area contributed by atoms with Crippen LogP contribution < -0.4 is 14.8 Å². The van der Waals surface area contributed by atoms with Crippen molar-refractivity contribution in [1.29, 1.82) is 0 Å². The highest BCUT2D eigenvalue weighted by molar-refractivity contribution is 9.15. The largest absolute Gasteiger partial charge is 0.497 e. The van der Waals surface area contributed by atoms with Crippen LogP contribution in [-0.4, -0.2) is 31.2 Å². The van der Waals surface area contributed by atoms with Crippen molar-refractivity contribution in [3.05, 3.63) is 47.2 Å². The molecule has 10 heteroatoms. The molecule has 0 saturated heterocycles. The highest BCUT2D eigenvalue weighted by Gasteiger charge is 2.28. The average Bonchev–Trinajstić information content (AvgIpc) is 2.62. The zero-order valence-electron chi connectivity index (χ0n) is 13.3. The summed E-state index contributed by atoms with van der Waals surface area (Å²) in [5.74, 6) is -0.938. The lowest BCUT2D eigenvalue weighted by atomic mass is 10.1. The minimum atomic E-state index is -1.25. The predicted octanol–water partition coefficient (Wildman–Crippen LogP) is 5.70. The molecule has 1 amide bonds. The number of carboxylic acid groups (broad SMARTS) is 1. The number of hydrogen-bond acceptors (Lipinski definition) is 4. The summed E-state index contributed by atoms with van der Waals surface area (Å²) in [5.41, 5.74) is 0.144. The van der Waals surface area contributed by atoms with Crippen molar-refractivity contribution in [2.24, 2.45) is 0 Å². The average molecular weight is 617 g/mol. The predicted molar refractivity (Wildman–Crippen MR) is 112 cm³/mol. The van der Waals surface area contributed by atoms with E-state index in [9.17, 15) is 14.7 Å². The van der Waals surface area contributed by atoms with Crippen molar-refractivity contribution < 1.29 is 24.2 Å². The molecule has 138 valence electrons. The normalized spacial score (nSPS) is 10.4. The molecular weight excluding hydrogens is 606 g/mol. The molecule has 0 radical (unpaired) electrons. The van der Waals surface area contributed by atoms with Gasteiger partial charge in [-0.3, -0.25) is 4.79 Å². The topological polar surface area (TPSA) is 84.9 Å². The Balaban J connectivity index is 2.56.